The fourth-order valence-electron chi connectivity index (χ4n) is 2.66. The predicted molar refractivity (Wildman–Crippen MR) is 96.4 cm³/mol. The Kier molecular flexibility index (Phi) is 6.10. The van der Waals surface area contributed by atoms with Crippen LogP contribution in [-0.4, -0.2) is 33.7 Å². The van der Waals surface area contributed by atoms with E-state index in [1.165, 1.54) is 30.0 Å². The number of benzene rings is 1. The fraction of sp³-hybridized carbons (Fsp3) is 0.353. The Hall–Kier alpha value is -2.63. The second-order valence-corrected chi connectivity index (χ2v) is 6.69. The first-order chi connectivity index (χ1) is 13.7. The maximum Gasteiger partial charge on any atom is 0.387 e. The van der Waals surface area contributed by atoms with Crippen molar-refractivity contribution in [3.8, 4) is 23.0 Å². The van der Waals surface area contributed by atoms with Crippen LogP contribution in [0, 0.1) is 6.92 Å². The molecule has 0 aliphatic rings. The van der Waals surface area contributed by atoms with E-state index in [4.69, 9.17) is 9.15 Å². The van der Waals surface area contributed by atoms with Gasteiger partial charge < -0.3 is 13.9 Å². The van der Waals surface area contributed by atoms with Crippen LogP contribution < -0.4 is 9.47 Å². The molecule has 1 atom stereocenters. The van der Waals surface area contributed by atoms with Gasteiger partial charge in [-0.15, -0.1) is 10.2 Å². The summed E-state index contributed by atoms with van der Waals surface area (Å²) in [5, 5.41) is 11.8. The minimum absolute atomic E-state index is 0.0593. The molecule has 0 saturated carbocycles. The molecule has 0 fully saturated rings. The summed E-state index contributed by atoms with van der Waals surface area (Å²) in [5.41, 5.74) is 0.497. The maximum atomic E-state index is 13.1. The van der Waals surface area contributed by atoms with E-state index in [1.807, 2.05) is 0 Å². The van der Waals surface area contributed by atoms with Crippen molar-refractivity contribution in [2.75, 3.05) is 7.11 Å². The van der Waals surface area contributed by atoms with Crippen LogP contribution in [0.2, 0.25) is 0 Å². The Morgan fingerprint density at radius 1 is 1.14 bits per heavy atom. The second-order valence-electron chi connectivity index (χ2n) is 5.90. The van der Waals surface area contributed by atoms with Gasteiger partial charge in [0.15, 0.2) is 11.5 Å². The van der Waals surface area contributed by atoms with Gasteiger partial charge >= 0.3 is 6.61 Å². The molecule has 12 heteroatoms. The zero-order valence-electron chi connectivity index (χ0n) is 15.4. The number of hydrogen-bond donors (Lipinski definition) is 0. The van der Waals surface area contributed by atoms with Gasteiger partial charge in [0, 0.05) is 5.56 Å². The lowest BCUT2D eigenvalue weighted by Crippen LogP contribution is -2.11. The van der Waals surface area contributed by atoms with Crippen LogP contribution in [0.5, 0.6) is 11.5 Å². The molecule has 0 amide bonds. The highest BCUT2D eigenvalue weighted by Crippen LogP contribution is 2.35. The van der Waals surface area contributed by atoms with Gasteiger partial charge in [-0.1, -0.05) is 0 Å². The highest BCUT2D eigenvalue weighted by molar-refractivity contribution is 9.10. The molecule has 0 bridgehead atoms. The van der Waals surface area contributed by atoms with Crippen LogP contribution in [0.15, 0.2) is 27.1 Å². The van der Waals surface area contributed by atoms with Crippen molar-refractivity contribution in [3.05, 3.63) is 40.0 Å². The molecule has 0 N–H and O–H groups in total. The standard InChI is InChI=1S/C17H15BrF4N4O3/c1-7-12(18)13(14(19)20)25-26(7)8(2)15-23-24-16(29-15)9-4-5-10(28-17(21)22)11(6-9)27-3/h4-6,8,14,17H,1-3H3/t8-/m0/s1. The normalized spacial score (nSPS) is 12.6. The van der Waals surface area contributed by atoms with Crippen molar-refractivity contribution in [1.82, 2.24) is 20.0 Å². The smallest absolute Gasteiger partial charge is 0.387 e. The Morgan fingerprint density at radius 2 is 1.86 bits per heavy atom. The SMILES string of the molecule is COc1cc(-c2nnc([C@H](C)n3nc(C(F)F)c(Br)c3C)o2)ccc1OC(F)F. The summed E-state index contributed by atoms with van der Waals surface area (Å²) in [6.45, 7) is 0.294. The van der Waals surface area contributed by atoms with E-state index in [0.29, 0.717) is 11.3 Å². The molecule has 0 unspecified atom stereocenters. The van der Waals surface area contributed by atoms with Crippen LogP contribution in [0.25, 0.3) is 11.5 Å². The molecule has 0 aliphatic carbocycles. The number of alkyl halides is 4. The van der Waals surface area contributed by atoms with E-state index < -0.39 is 19.1 Å². The fourth-order valence-corrected chi connectivity index (χ4v) is 3.09. The summed E-state index contributed by atoms with van der Waals surface area (Å²) in [6.07, 6.45) is -2.74. The van der Waals surface area contributed by atoms with Gasteiger partial charge in [0.05, 0.1) is 17.3 Å². The Bertz CT molecular complexity index is 1010. The molecule has 0 radical (unpaired) electrons. The molecule has 0 aliphatic heterocycles. The summed E-state index contributed by atoms with van der Waals surface area (Å²) in [6, 6.07) is 3.53. The molecular formula is C17H15BrF4N4O3. The molecule has 29 heavy (non-hydrogen) atoms. The van der Waals surface area contributed by atoms with Gasteiger partial charge in [0.2, 0.25) is 11.8 Å². The van der Waals surface area contributed by atoms with Crippen LogP contribution in [0.3, 0.4) is 0 Å². The number of methoxy groups -OCH3 is 1. The van der Waals surface area contributed by atoms with E-state index >= 15 is 0 Å². The lowest BCUT2D eigenvalue weighted by atomic mass is 10.2. The van der Waals surface area contributed by atoms with E-state index in [0.717, 1.165) is 0 Å². The van der Waals surface area contributed by atoms with Crippen molar-refractivity contribution in [2.24, 2.45) is 0 Å². The number of halogens is 5. The lowest BCUT2D eigenvalue weighted by Gasteiger charge is -2.10. The minimum Gasteiger partial charge on any atom is -0.493 e. The molecule has 3 rings (SSSR count). The molecular weight excluding hydrogens is 464 g/mol. The zero-order chi connectivity index (χ0) is 21.3. The Labute approximate surface area is 170 Å². The van der Waals surface area contributed by atoms with Gasteiger partial charge in [-0.2, -0.15) is 13.9 Å². The molecule has 156 valence electrons. The van der Waals surface area contributed by atoms with Crippen molar-refractivity contribution < 1.29 is 31.5 Å². The van der Waals surface area contributed by atoms with Gasteiger partial charge in [0.1, 0.15) is 11.7 Å². The molecule has 0 saturated heterocycles. The molecule has 2 aromatic heterocycles. The van der Waals surface area contributed by atoms with Crippen molar-refractivity contribution in [3.63, 3.8) is 0 Å². The molecule has 0 spiro atoms. The van der Waals surface area contributed by atoms with Crippen molar-refractivity contribution in [2.45, 2.75) is 32.9 Å². The third-order valence-corrected chi connectivity index (χ3v) is 5.08. The van der Waals surface area contributed by atoms with Crippen molar-refractivity contribution >= 4 is 15.9 Å². The zero-order valence-corrected chi connectivity index (χ0v) is 17.0. The first kappa shape index (κ1) is 21.1. The van der Waals surface area contributed by atoms with Gasteiger partial charge in [-0.3, -0.25) is 4.68 Å². The van der Waals surface area contributed by atoms with Crippen molar-refractivity contribution in [1.29, 1.82) is 0 Å². The number of rotatable bonds is 7. The highest BCUT2D eigenvalue weighted by atomic mass is 79.9. The van der Waals surface area contributed by atoms with E-state index in [2.05, 4.69) is 36.0 Å². The number of ether oxygens (including phenoxy) is 2. The number of aromatic nitrogens is 4. The number of hydrogen-bond acceptors (Lipinski definition) is 6. The summed E-state index contributed by atoms with van der Waals surface area (Å²) in [5.74, 6) is 0.137. The average Bonchev–Trinajstić information content (AvgIpc) is 3.27. The molecule has 1 aromatic carbocycles. The summed E-state index contributed by atoms with van der Waals surface area (Å²) >= 11 is 3.11. The molecule has 7 nitrogen and oxygen atoms in total. The topological polar surface area (TPSA) is 75.2 Å². The quantitative estimate of drug-likeness (QED) is 0.436. The van der Waals surface area contributed by atoms with E-state index in [1.54, 1.807) is 13.8 Å². The Morgan fingerprint density at radius 3 is 2.45 bits per heavy atom. The van der Waals surface area contributed by atoms with Crippen LogP contribution in [-0.2, 0) is 0 Å². The van der Waals surface area contributed by atoms with Gasteiger partial charge in [0.25, 0.3) is 6.43 Å². The molecule has 3 aromatic rings. The average molecular weight is 479 g/mol. The van der Waals surface area contributed by atoms with Gasteiger partial charge in [-0.05, 0) is 48.0 Å². The molecule has 2 heterocycles. The maximum absolute atomic E-state index is 13.1. The van der Waals surface area contributed by atoms with E-state index in [-0.39, 0.29) is 33.4 Å². The highest BCUT2D eigenvalue weighted by Gasteiger charge is 2.26. The first-order valence-corrected chi connectivity index (χ1v) is 9.01. The van der Waals surface area contributed by atoms with Crippen LogP contribution in [0.1, 0.15) is 36.7 Å². The van der Waals surface area contributed by atoms with Crippen LogP contribution >= 0.6 is 15.9 Å². The number of nitrogens with zero attached hydrogens (tertiary/aromatic N) is 4. The second kappa shape index (κ2) is 8.39. The summed E-state index contributed by atoms with van der Waals surface area (Å²) < 4.78 is 67.7. The summed E-state index contributed by atoms with van der Waals surface area (Å²) in [4.78, 5) is 0. The van der Waals surface area contributed by atoms with Gasteiger partial charge in [-0.25, -0.2) is 8.78 Å². The first-order valence-electron chi connectivity index (χ1n) is 8.22. The largest absolute Gasteiger partial charge is 0.493 e. The predicted octanol–water partition coefficient (Wildman–Crippen LogP) is 5.16. The third-order valence-electron chi connectivity index (χ3n) is 4.10. The minimum atomic E-state index is -3.00. The summed E-state index contributed by atoms with van der Waals surface area (Å²) in [7, 11) is 1.30. The lowest BCUT2D eigenvalue weighted by molar-refractivity contribution is -0.0512. The third kappa shape index (κ3) is 4.21. The Balaban J connectivity index is 1.90. The van der Waals surface area contributed by atoms with Crippen LogP contribution in [0.4, 0.5) is 17.6 Å². The monoisotopic (exact) mass is 478 g/mol. The van der Waals surface area contributed by atoms with E-state index in [9.17, 15) is 17.6 Å².